The highest BCUT2D eigenvalue weighted by atomic mass is 15.1. The molecular formula is C24H25N3. The number of rotatable bonds is 4. The molecule has 0 radical (unpaired) electrons. The van der Waals surface area contributed by atoms with Gasteiger partial charge >= 0.3 is 0 Å². The summed E-state index contributed by atoms with van der Waals surface area (Å²) in [5.74, 6) is 0.716. The summed E-state index contributed by atoms with van der Waals surface area (Å²) in [6, 6.07) is 19.6. The Morgan fingerprint density at radius 2 is 1.85 bits per heavy atom. The van der Waals surface area contributed by atoms with Crippen molar-refractivity contribution in [3.63, 3.8) is 0 Å². The van der Waals surface area contributed by atoms with E-state index in [1.807, 2.05) is 0 Å². The third-order valence-corrected chi connectivity index (χ3v) is 5.73. The van der Waals surface area contributed by atoms with Gasteiger partial charge in [0.15, 0.2) is 0 Å². The first kappa shape index (κ1) is 17.5. The Kier molecular flexibility index (Phi) is 5.07. The molecule has 0 spiro atoms. The number of hydrogen-bond donors (Lipinski definition) is 0. The summed E-state index contributed by atoms with van der Waals surface area (Å²) in [5, 5.41) is 10.8. The molecule has 0 aliphatic carbocycles. The zero-order valence-corrected chi connectivity index (χ0v) is 15.9. The normalized spacial score (nSPS) is 15.0. The fourth-order valence-electron chi connectivity index (χ4n) is 4.18. The van der Waals surface area contributed by atoms with E-state index in [0.717, 1.165) is 55.4 Å². The van der Waals surface area contributed by atoms with Gasteiger partial charge in [0.2, 0.25) is 0 Å². The molecule has 0 saturated carbocycles. The minimum absolute atomic E-state index is 0.692. The number of hydrogen-bond acceptors (Lipinski definition) is 3. The number of piperidine rings is 1. The molecule has 0 N–H and O–H groups in total. The van der Waals surface area contributed by atoms with Crippen molar-refractivity contribution in [2.24, 2.45) is 5.92 Å². The second-order valence-corrected chi connectivity index (χ2v) is 7.46. The highest BCUT2D eigenvalue weighted by Crippen LogP contribution is 2.33. The van der Waals surface area contributed by atoms with Gasteiger partial charge in [0.1, 0.15) is 6.07 Å². The number of anilines is 1. The predicted molar refractivity (Wildman–Crippen MR) is 111 cm³/mol. The Balaban J connectivity index is 1.59. The van der Waals surface area contributed by atoms with Crippen LogP contribution in [-0.2, 0) is 12.8 Å². The number of pyridine rings is 1. The van der Waals surface area contributed by atoms with E-state index in [0.29, 0.717) is 11.5 Å². The lowest BCUT2D eigenvalue weighted by atomic mass is 9.89. The van der Waals surface area contributed by atoms with Crippen molar-refractivity contribution >= 4 is 16.6 Å². The Labute approximate surface area is 161 Å². The highest BCUT2D eigenvalue weighted by molar-refractivity contribution is 5.95. The van der Waals surface area contributed by atoms with Crippen molar-refractivity contribution in [3.05, 3.63) is 71.4 Å². The van der Waals surface area contributed by atoms with Gasteiger partial charge in [0, 0.05) is 24.7 Å². The number of nitrogens with zero attached hydrogens (tertiary/aromatic N) is 3. The van der Waals surface area contributed by atoms with Gasteiger partial charge in [0.25, 0.3) is 0 Å². The van der Waals surface area contributed by atoms with Gasteiger partial charge in [0.05, 0.1) is 16.8 Å². The van der Waals surface area contributed by atoms with E-state index in [1.54, 1.807) is 6.20 Å². The molecule has 2 aromatic carbocycles. The van der Waals surface area contributed by atoms with E-state index in [1.165, 1.54) is 11.1 Å². The van der Waals surface area contributed by atoms with Crippen LogP contribution in [-0.4, -0.2) is 18.1 Å². The summed E-state index contributed by atoms with van der Waals surface area (Å²) >= 11 is 0. The Morgan fingerprint density at radius 1 is 1.07 bits per heavy atom. The molecule has 1 aromatic heterocycles. The van der Waals surface area contributed by atoms with Crippen LogP contribution < -0.4 is 4.90 Å². The molecule has 1 aliphatic rings. The topological polar surface area (TPSA) is 39.9 Å². The number of benzene rings is 2. The van der Waals surface area contributed by atoms with Gasteiger partial charge < -0.3 is 4.90 Å². The maximum Gasteiger partial charge on any atom is 0.103 e. The molecule has 3 aromatic rings. The lowest BCUT2D eigenvalue weighted by molar-refractivity contribution is 0.404. The molecule has 3 heteroatoms. The minimum atomic E-state index is 0.692. The van der Waals surface area contributed by atoms with E-state index in [4.69, 9.17) is 0 Å². The smallest absolute Gasteiger partial charge is 0.103 e. The molecule has 3 nitrogen and oxygen atoms in total. The second-order valence-electron chi connectivity index (χ2n) is 7.46. The molecule has 0 atom stereocenters. The third kappa shape index (κ3) is 3.66. The van der Waals surface area contributed by atoms with Crippen LogP contribution in [0.1, 0.15) is 36.5 Å². The van der Waals surface area contributed by atoms with Crippen LogP contribution in [0.25, 0.3) is 10.9 Å². The van der Waals surface area contributed by atoms with E-state index in [9.17, 15) is 5.26 Å². The van der Waals surface area contributed by atoms with Crippen molar-refractivity contribution in [1.29, 1.82) is 5.26 Å². The highest BCUT2D eigenvalue weighted by Gasteiger charge is 2.23. The summed E-state index contributed by atoms with van der Waals surface area (Å²) in [6.45, 7) is 4.17. The average molecular weight is 355 g/mol. The first-order valence-corrected chi connectivity index (χ1v) is 9.89. The van der Waals surface area contributed by atoms with Gasteiger partial charge in [-0.1, -0.05) is 43.3 Å². The summed E-state index contributed by atoms with van der Waals surface area (Å²) in [4.78, 5) is 6.91. The summed E-state index contributed by atoms with van der Waals surface area (Å²) in [5.41, 5.74) is 5.47. The van der Waals surface area contributed by atoms with Gasteiger partial charge in [-0.25, -0.2) is 0 Å². The van der Waals surface area contributed by atoms with Crippen LogP contribution in [0.5, 0.6) is 0 Å². The third-order valence-electron chi connectivity index (χ3n) is 5.73. The Hall–Kier alpha value is -2.86. The van der Waals surface area contributed by atoms with Crippen LogP contribution in [0, 0.1) is 17.2 Å². The van der Waals surface area contributed by atoms with Crippen molar-refractivity contribution in [2.75, 3.05) is 18.0 Å². The zero-order valence-electron chi connectivity index (χ0n) is 15.9. The number of aromatic nitrogens is 1. The molecule has 0 amide bonds. The number of fused-ring (bicyclic) bond motifs is 1. The Bertz CT molecular complexity index is 964. The fourth-order valence-corrected chi connectivity index (χ4v) is 4.18. The van der Waals surface area contributed by atoms with Crippen LogP contribution in [0.15, 0.2) is 54.7 Å². The summed E-state index contributed by atoms with van der Waals surface area (Å²) in [6.07, 6.45) is 6.20. The maximum absolute atomic E-state index is 9.67. The largest absolute Gasteiger partial charge is 0.370 e. The standard InChI is InChI=1S/C24H25N3/c1-2-18-8-9-23-22(15-18)24(21(16-25)17-26-23)27-12-10-20(11-13-27)14-19-6-4-3-5-7-19/h3-9,15,17,20H,2,10-14H2,1H3. The van der Waals surface area contributed by atoms with E-state index in [2.05, 4.69) is 71.4 Å². The van der Waals surface area contributed by atoms with Gasteiger partial charge in [-0.2, -0.15) is 5.26 Å². The van der Waals surface area contributed by atoms with E-state index in [-0.39, 0.29) is 0 Å². The average Bonchev–Trinajstić information content (AvgIpc) is 2.74. The first-order valence-electron chi connectivity index (χ1n) is 9.89. The molecule has 0 unspecified atom stereocenters. The lowest BCUT2D eigenvalue weighted by Gasteiger charge is -2.34. The van der Waals surface area contributed by atoms with Crippen molar-refractivity contribution in [3.8, 4) is 6.07 Å². The molecule has 4 rings (SSSR count). The molecule has 1 saturated heterocycles. The SMILES string of the molecule is CCc1ccc2ncc(C#N)c(N3CCC(Cc4ccccc4)CC3)c2c1. The Morgan fingerprint density at radius 3 is 2.56 bits per heavy atom. The van der Waals surface area contributed by atoms with Crippen LogP contribution in [0.2, 0.25) is 0 Å². The van der Waals surface area contributed by atoms with Gasteiger partial charge in [-0.05, 0) is 54.9 Å². The van der Waals surface area contributed by atoms with Gasteiger partial charge in [-0.3, -0.25) is 4.98 Å². The summed E-state index contributed by atoms with van der Waals surface area (Å²) < 4.78 is 0. The first-order chi connectivity index (χ1) is 13.3. The molecule has 1 aliphatic heterocycles. The molecule has 136 valence electrons. The van der Waals surface area contributed by atoms with Crippen LogP contribution in [0.3, 0.4) is 0 Å². The van der Waals surface area contributed by atoms with Gasteiger partial charge in [-0.15, -0.1) is 0 Å². The molecule has 0 bridgehead atoms. The van der Waals surface area contributed by atoms with E-state index < -0.39 is 0 Å². The van der Waals surface area contributed by atoms with Crippen molar-refractivity contribution in [2.45, 2.75) is 32.6 Å². The summed E-state index contributed by atoms with van der Waals surface area (Å²) in [7, 11) is 0. The lowest BCUT2D eigenvalue weighted by Crippen LogP contribution is -2.35. The van der Waals surface area contributed by atoms with Crippen LogP contribution in [0.4, 0.5) is 5.69 Å². The van der Waals surface area contributed by atoms with Crippen LogP contribution >= 0.6 is 0 Å². The predicted octanol–water partition coefficient (Wildman–Crippen LogP) is 5.13. The molecule has 2 heterocycles. The number of nitriles is 1. The van der Waals surface area contributed by atoms with E-state index >= 15 is 0 Å². The molecular weight excluding hydrogens is 330 g/mol. The second kappa shape index (κ2) is 7.80. The zero-order chi connectivity index (χ0) is 18.6. The van der Waals surface area contributed by atoms with Crippen molar-refractivity contribution in [1.82, 2.24) is 4.98 Å². The van der Waals surface area contributed by atoms with Crippen molar-refractivity contribution < 1.29 is 0 Å². The quantitative estimate of drug-likeness (QED) is 0.651. The fraction of sp³-hybridized carbons (Fsp3) is 0.333. The minimum Gasteiger partial charge on any atom is -0.370 e. The number of aryl methyl sites for hydroxylation is 1. The monoisotopic (exact) mass is 355 g/mol. The maximum atomic E-state index is 9.67. The molecule has 27 heavy (non-hydrogen) atoms. The molecule has 1 fully saturated rings.